The largest absolute Gasteiger partial charge is 0.376 e. The highest BCUT2D eigenvalue weighted by Crippen LogP contribution is 2.29. The van der Waals surface area contributed by atoms with E-state index in [0.29, 0.717) is 15.7 Å². The van der Waals surface area contributed by atoms with Crippen LogP contribution in [0, 0.1) is 5.92 Å². The molecular formula is C20H23Cl2N3O. The Balaban J connectivity index is 1.52. The zero-order valence-corrected chi connectivity index (χ0v) is 16.3. The van der Waals surface area contributed by atoms with Crippen LogP contribution in [0.15, 0.2) is 42.5 Å². The third-order valence-corrected chi connectivity index (χ3v) is 5.33. The summed E-state index contributed by atoms with van der Waals surface area (Å²) in [4.78, 5) is 14.5. The van der Waals surface area contributed by atoms with Crippen LogP contribution in [-0.4, -0.2) is 25.5 Å². The number of carbonyl (C=O) groups excluding carboxylic acids is 1. The lowest BCUT2D eigenvalue weighted by Crippen LogP contribution is -2.32. The molecule has 0 unspecified atom stereocenters. The van der Waals surface area contributed by atoms with Crippen molar-refractivity contribution in [1.29, 1.82) is 0 Å². The maximum atomic E-state index is 12.1. The summed E-state index contributed by atoms with van der Waals surface area (Å²) in [5, 5.41) is 6.71. The van der Waals surface area contributed by atoms with Crippen LogP contribution in [0.5, 0.6) is 0 Å². The number of carbonyl (C=O) groups is 1. The number of hydrogen-bond acceptors (Lipinski definition) is 3. The number of para-hydroxylation sites is 1. The van der Waals surface area contributed by atoms with Gasteiger partial charge in [-0.15, -0.1) is 0 Å². The third kappa shape index (κ3) is 4.83. The van der Waals surface area contributed by atoms with Gasteiger partial charge < -0.3 is 15.5 Å². The molecule has 1 aliphatic rings. The molecule has 0 bridgehead atoms. The second-order valence-electron chi connectivity index (χ2n) is 6.71. The zero-order chi connectivity index (χ0) is 18.5. The molecule has 26 heavy (non-hydrogen) atoms. The van der Waals surface area contributed by atoms with Gasteiger partial charge in [0, 0.05) is 24.5 Å². The third-order valence-electron chi connectivity index (χ3n) is 4.70. The van der Waals surface area contributed by atoms with Crippen LogP contribution < -0.4 is 15.5 Å². The lowest BCUT2D eigenvalue weighted by molar-refractivity contribution is -0.114. The van der Waals surface area contributed by atoms with E-state index < -0.39 is 0 Å². The fourth-order valence-corrected chi connectivity index (χ4v) is 3.53. The highest BCUT2D eigenvalue weighted by molar-refractivity contribution is 6.39. The van der Waals surface area contributed by atoms with Crippen molar-refractivity contribution in [3.8, 4) is 0 Å². The number of halogens is 2. The Morgan fingerprint density at radius 2 is 1.69 bits per heavy atom. The summed E-state index contributed by atoms with van der Waals surface area (Å²) in [5.74, 6) is 0.617. The van der Waals surface area contributed by atoms with Crippen molar-refractivity contribution in [3.05, 3.63) is 52.5 Å². The zero-order valence-electron chi connectivity index (χ0n) is 14.8. The summed E-state index contributed by atoms with van der Waals surface area (Å²) >= 11 is 12.1. The first-order chi connectivity index (χ1) is 12.5. The van der Waals surface area contributed by atoms with Gasteiger partial charge in [0.15, 0.2) is 0 Å². The molecule has 2 N–H and O–H groups in total. The molecular weight excluding hydrogens is 369 g/mol. The molecule has 0 aromatic heterocycles. The fraction of sp³-hybridized carbons (Fsp3) is 0.350. The Hall–Kier alpha value is -1.91. The molecule has 1 heterocycles. The molecule has 1 fully saturated rings. The van der Waals surface area contributed by atoms with E-state index in [1.165, 1.54) is 18.5 Å². The van der Waals surface area contributed by atoms with E-state index in [0.717, 1.165) is 24.7 Å². The molecule has 0 spiro atoms. The van der Waals surface area contributed by atoms with Gasteiger partial charge in [0.05, 0.1) is 22.3 Å². The summed E-state index contributed by atoms with van der Waals surface area (Å²) in [7, 11) is 0. The molecule has 2 aromatic rings. The van der Waals surface area contributed by atoms with Crippen molar-refractivity contribution in [2.24, 2.45) is 5.92 Å². The van der Waals surface area contributed by atoms with Crippen LogP contribution in [0.25, 0.3) is 0 Å². The van der Waals surface area contributed by atoms with E-state index in [2.05, 4.69) is 34.6 Å². The number of benzene rings is 2. The quantitative estimate of drug-likeness (QED) is 0.728. The first kappa shape index (κ1) is 18.9. The average Bonchev–Trinajstić information content (AvgIpc) is 2.64. The molecule has 1 saturated heterocycles. The minimum absolute atomic E-state index is 0.141. The molecule has 0 saturated carbocycles. The van der Waals surface area contributed by atoms with Crippen LogP contribution in [-0.2, 0) is 4.79 Å². The molecule has 0 radical (unpaired) electrons. The van der Waals surface area contributed by atoms with Gasteiger partial charge in [-0.1, -0.05) is 36.2 Å². The Bertz CT molecular complexity index is 736. The van der Waals surface area contributed by atoms with Gasteiger partial charge in [0.2, 0.25) is 5.91 Å². The van der Waals surface area contributed by atoms with Crippen LogP contribution >= 0.6 is 23.2 Å². The predicted octanol–water partition coefficient (Wildman–Crippen LogP) is 5.28. The summed E-state index contributed by atoms with van der Waals surface area (Å²) in [6.07, 6.45) is 2.48. The van der Waals surface area contributed by atoms with Crippen LogP contribution in [0.2, 0.25) is 10.0 Å². The Labute approximate surface area is 164 Å². The maximum absolute atomic E-state index is 12.1. The highest BCUT2D eigenvalue weighted by Gasteiger charge is 2.16. The summed E-state index contributed by atoms with van der Waals surface area (Å²) in [5.41, 5.74) is 2.58. The number of anilines is 3. The van der Waals surface area contributed by atoms with E-state index in [1.54, 1.807) is 18.2 Å². The van der Waals surface area contributed by atoms with Crippen molar-refractivity contribution in [2.45, 2.75) is 19.8 Å². The van der Waals surface area contributed by atoms with Gasteiger partial charge in [0.1, 0.15) is 0 Å². The molecule has 4 nitrogen and oxygen atoms in total. The van der Waals surface area contributed by atoms with Crippen molar-refractivity contribution in [1.82, 2.24) is 0 Å². The number of nitrogens with zero attached hydrogens (tertiary/aromatic N) is 1. The summed E-state index contributed by atoms with van der Waals surface area (Å²) in [6, 6.07) is 13.3. The minimum atomic E-state index is -0.200. The number of hydrogen-bond donors (Lipinski definition) is 2. The van der Waals surface area contributed by atoms with Gasteiger partial charge in [0.25, 0.3) is 0 Å². The number of piperidine rings is 1. The standard InChI is InChI=1S/C20H23Cl2N3O/c1-14-9-11-25(12-10-14)16-7-5-15(6-8-16)23-13-19(26)24-20-17(21)3-2-4-18(20)22/h2-8,14,23H,9-13H2,1H3,(H,24,26). The van der Waals surface area contributed by atoms with Crippen molar-refractivity contribution >= 4 is 46.2 Å². The van der Waals surface area contributed by atoms with Gasteiger partial charge in [-0.05, 0) is 55.2 Å². The monoisotopic (exact) mass is 391 g/mol. The normalized spacial score (nSPS) is 15.0. The van der Waals surface area contributed by atoms with Gasteiger partial charge in [-0.2, -0.15) is 0 Å². The van der Waals surface area contributed by atoms with Gasteiger partial charge in [-0.3, -0.25) is 4.79 Å². The molecule has 1 aliphatic heterocycles. The smallest absolute Gasteiger partial charge is 0.243 e. The van der Waals surface area contributed by atoms with Gasteiger partial charge >= 0.3 is 0 Å². The van der Waals surface area contributed by atoms with Crippen molar-refractivity contribution in [2.75, 3.05) is 35.2 Å². The fourth-order valence-electron chi connectivity index (χ4n) is 3.04. The Morgan fingerprint density at radius 1 is 1.08 bits per heavy atom. The average molecular weight is 392 g/mol. The van der Waals surface area contributed by atoms with Crippen LogP contribution in [0.1, 0.15) is 19.8 Å². The second kappa shape index (κ2) is 8.65. The molecule has 2 aromatic carbocycles. The first-order valence-corrected chi connectivity index (χ1v) is 9.61. The minimum Gasteiger partial charge on any atom is -0.376 e. The molecule has 0 aliphatic carbocycles. The van der Waals surface area contributed by atoms with Crippen LogP contribution in [0.4, 0.5) is 17.1 Å². The van der Waals surface area contributed by atoms with E-state index >= 15 is 0 Å². The van der Waals surface area contributed by atoms with E-state index in [-0.39, 0.29) is 12.5 Å². The second-order valence-corrected chi connectivity index (χ2v) is 7.53. The lowest BCUT2D eigenvalue weighted by Gasteiger charge is -2.32. The molecule has 1 amide bonds. The first-order valence-electron chi connectivity index (χ1n) is 8.85. The molecule has 3 rings (SSSR count). The van der Waals surface area contributed by atoms with E-state index in [4.69, 9.17) is 23.2 Å². The van der Waals surface area contributed by atoms with Gasteiger partial charge in [-0.25, -0.2) is 0 Å². The van der Waals surface area contributed by atoms with E-state index in [9.17, 15) is 4.79 Å². The summed E-state index contributed by atoms with van der Waals surface area (Å²) in [6.45, 7) is 4.66. The Kier molecular flexibility index (Phi) is 6.28. The van der Waals surface area contributed by atoms with Crippen LogP contribution in [0.3, 0.4) is 0 Å². The number of amides is 1. The number of rotatable bonds is 5. The van der Waals surface area contributed by atoms with E-state index in [1.807, 2.05) is 12.1 Å². The van der Waals surface area contributed by atoms with Crippen molar-refractivity contribution in [3.63, 3.8) is 0 Å². The lowest BCUT2D eigenvalue weighted by atomic mass is 9.99. The topological polar surface area (TPSA) is 44.4 Å². The maximum Gasteiger partial charge on any atom is 0.243 e. The number of nitrogens with one attached hydrogen (secondary N) is 2. The molecule has 6 heteroatoms. The Morgan fingerprint density at radius 3 is 2.31 bits per heavy atom. The summed E-state index contributed by atoms with van der Waals surface area (Å²) < 4.78 is 0. The predicted molar refractivity (Wildman–Crippen MR) is 111 cm³/mol. The van der Waals surface area contributed by atoms with Crippen molar-refractivity contribution < 1.29 is 4.79 Å². The molecule has 138 valence electrons. The molecule has 0 atom stereocenters. The highest BCUT2D eigenvalue weighted by atomic mass is 35.5. The SMILES string of the molecule is CC1CCN(c2ccc(NCC(=O)Nc3c(Cl)cccc3Cl)cc2)CC1.